The van der Waals surface area contributed by atoms with Crippen molar-refractivity contribution in [1.29, 1.82) is 0 Å². The van der Waals surface area contributed by atoms with Gasteiger partial charge >= 0.3 is 12.1 Å². The molecule has 1 saturated heterocycles. The van der Waals surface area contributed by atoms with Crippen LogP contribution >= 0.6 is 0 Å². The number of hydrogen-bond acceptors (Lipinski definition) is 7. The Labute approximate surface area is 216 Å². The molecular weight excluding hydrogens is 501 g/mol. The van der Waals surface area contributed by atoms with Crippen molar-refractivity contribution >= 4 is 22.7 Å². The number of dihydropyridines is 1. The van der Waals surface area contributed by atoms with E-state index in [1.54, 1.807) is 32.1 Å². The molecule has 0 radical (unpaired) electrons. The van der Waals surface area contributed by atoms with Crippen LogP contribution in [-0.4, -0.2) is 56.2 Å². The van der Waals surface area contributed by atoms with Gasteiger partial charge in [0.25, 0.3) is 0 Å². The van der Waals surface area contributed by atoms with Gasteiger partial charge in [-0.05, 0) is 31.2 Å². The minimum absolute atomic E-state index is 0.263. The van der Waals surface area contributed by atoms with Gasteiger partial charge in [0.1, 0.15) is 47.5 Å². The largest absolute Gasteiger partial charge is 0.487 e. The molecule has 0 aromatic carbocycles. The topological polar surface area (TPSA) is 87.8 Å². The number of esters is 1. The molecule has 4 aliphatic rings. The lowest BCUT2D eigenvalue weighted by molar-refractivity contribution is -0.158. The van der Waals surface area contributed by atoms with Gasteiger partial charge < -0.3 is 18.8 Å². The fourth-order valence-electron chi connectivity index (χ4n) is 5.29. The lowest BCUT2D eigenvalue weighted by Gasteiger charge is -2.26. The summed E-state index contributed by atoms with van der Waals surface area (Å²) in [5, 5.41) is 0.906. The maximum atomic E-state index is 13.2. The highest BCUT2D eigenvalue weighted by Crippen LogP contribution is 2.56. The molecule has 2 aliphatic heterocycles. The van der Waals surface area contributed by atoms with E-state index in [1.165, 1.54) is 12.4 Å². The Morgan fingerprint density at radius 3 is 2.76 bits per heavy atom. The van der Waals surface area contributed by atoms with Crippen LogP contribution < -0.4 is 0 Å². The first-order chi connectivity index (χ1) is 18.0. The van der Waals surface area contributed by atoms with Crippen LogP contribution in [0.2, 0.25) is 0 Å². The highest BCUT2D eigenvalue weighted by atomic mass is 19.4. The second kappa shape index (κ2) is 8.79. The van der Waals surface area contributed by atoms with Gasteiger partial charge in [-0.2, -0.15) is 13.2 Å². The molecule has 38 heavy (non-hydrogen) atoms. The molecule has 2 aliphatic carbocycles. The third kappa shape index (κ3) is 4.22. The summed E-state index contributed by atoms with van der Waals surface area (Å²) in [6.45, 7) is 5.44. The smallest absolute Gasteiger partial charge is 0.432 e. The monoisotopic (exact) mass is 528 g/mol. The number of aromatic nitrogens is 3. The number of carbonyl (C=O) groups is 1. The van der Waals surface area contributed by atoms with Crippen LogP contribution in [-0.2, 0) is 19.0 Å². The lowest BCUT2D eigenvalue weighted by atomic mass is 9.91. The first-order valence-electron chi connectivity index (χ1n) is 12.6. The number of hydrogen-bond donors (Lipinski definition) is 0. The van der Waals surface area contributed by atoms with Crippen LogP contribution in [0.1, 0.15) is 38.6 Å². The standard InChI is InChI=1S/C27H27F3N4O4/c1-14(2)25(35)37-21-11-23(34-9-8-18-15(3)31-13-32-24(18)34)38-26(21)12-22(26)36-17-6-4-16-5-7-20(27(28,29)30)33-19(16)10-17/h4-10,13-14,16,19,21-23H,11-12H2,1-3H3/t16?,19?,21-,22?,23+,26?/m0/s1. The zero-order valence-corrected chi connectivity index (χ0v) is 21.1. The van der Waals surface area contributed by atoms with Gasteiger partial charge in [0.15, 0.2) is 0 Å². The van der Waals surface area contributed by atoms with Crippen molar-refractivity contribution < 1.29 is 32.2 Å². The van der Waals surface area contributed by atoms with Gasteiger partial charge in [-0.3, -0.25) is 9.79 Å². The summed E-state index contributed by atoms with van der Waals surface area (Å²) in [5.41, 5.74) is -0.209. The zero-order valence-electron chi connectivity index (χ0n) is 21.1. The summed E-state index contributed by atoms with van der Waals surface area (Å²) in [6, 6.07) is 1.23. The van der Waals surface area contributed by atoms with Crippen molar-refractivity contribution in [3.8, 4) is 0 Å². The molecule has 6 rings (SSSR count). The Bertz CT molecular complexity index is 1410. The van der Waals surface area contributed by atoms with Crippen molar-refractivity contribution in [1.82, 2.24) is 14.5 Å². The molecule has 2 aromatic heterocycles. The van der Waals surface area contributed by atoms with Crippen molar-refractivity contribution in [2.45, 2.75) is 69.9 Å². The molecule has 0 N–H and O–H groups in total. The van der Waals surface area contributed by atoms with E-state index >= 15 is 0 Å². The normalized spacial score (nSPS) is 31.9. The minimum Gasteiger partial charge on any atom is -0.487 e. The Morgan fingerprint density at radius 2 is 2.00 bits per heavy atom. The molecule has 8 nitrogen and oxygen atoms in total. The number of ether oxygens (including phenoxy) is 3. The molecule has 200 valence electrons. The Kier molecular flexibility index (Phi) is 5.75. The molecule has 6 atom stereocenters. The van der Waals surface area contributed by atoms with E-state index in [4.69, 9.17) is 14.2 Å². The quantitative estimate of drug-likeness (QED) is 0.520. The van der Waals surface area contributed by atoms with Gasteiger partial charge in [-0.25, -0.2) is 9.97 Å². The Hall–Kier alpha value is -3.47. The molecule has 1 spiro atoms. The van der Waals surface area contributed by atoms with Crippen LogP contribution in [0, 0.1) is 18.8 Å². The zero-order chi connectivity index (χ0) is 26.8. The highest BCUT2D eigenvalue weighted by Gasteiger charge is 2.70. The van der Waals surface area contributed by atoms with E-state index in [1.807, 2.05) is 23.8 Å². The third-order valence-corrected chi connectivity index (χ3v) is 7.50. The number of carbonyl (C=O) groups excluding carboxylic acids is 1. The van der Waals surface area contributed by atoms with Crippen molar-refractivity contribution in [3.63, 3.8) is 0 Å². The highest BCUT2D eigenvalue weighted by molar-refractivity contribution is 6.00. The van der Waals surface area contributed by atoms with Crippen LogP contribution in [0.5, 0.6) is 0 Å². The summed E-state index contributed by atoms with van der Waals surface area (Å²) in [7, 11) is 0. The van der Waals surface area contributed by atoms with Crippen molar-refractivity contribution in [2.24, 2.45) is 16.8 Å². The van der Waals surface area contributed by atoms with Crippen LogP contribution in [0.25, 0.3) is 11.0 Å². The lowest BCUT2D eigenvalue weighted by Crippen LogP contribution is -2.34. The van der Waals surface area contributed by atoms with Crippen LogP contribution in [0.15, 0.2) is 59.7 Å². The maximum absolute atomic E-state index is 13.2. The first-order valence-corrected chi connectivity index (χ1v) is 12.6. The average Bonchev–Trinajstić information content (AvgIpc) is 3.19. The molecule has 2 aromatic rings. The summed E-state index contributed by atoms with van der Waals surface area (Å²) in [4.78, 5) is 25.1. The SMILES string of the molecule is Cc1ncnc2c1ccn2[C@H]1C[C@H](OC(=O)C(C)C)C2(CC2OC2=CC3N=C(C(F)(F)F)C=CC3C=C2)O1. The van der Waals surface area contributed by atoms with E-state index in [2.05, 4.69) is 15.0 Å². The number of halogens is 3. The number of aryl methyl sites for hydroxylation is 1. The van der Waals surface area contributed by atoms with E-state index in [0.717, 1.165) is 22.8 Å². The van der Waals surface area contributed by atoms with Crippen molar-refractivity contribution in [3.05, 3.63) is 60.4 Å². The summed E-state index contributed by atoms with van der Waals surface area (Å²) < 4.78 is 60.1. The molecule has 0 amide bonds. The van der Waals surface area contributed by atoms with Gasteiger partial charge in [-0.15, -0.1) is 0 Å². The van der Waals surface area contributed by atoms with Gasteiger partial charge in [0.2, 0.25) is 0 Å². The van der Waals surface area contributed by atoms with E-state index < -0.39 is 42.0 Å². The second-order valence-corrected chi connectivity index (χ2v) is 10.4. The fraction of sp³-hybridized carbons (Fsp3) is 0.481. The Balaban J connectivity index is 1.24. The van der Waals surface area contributed by atoms with Gasteiger partial charge in [0, 0.05) is 30.3 Å². The molecule has 0 bridgehead atoms. The molecular formula is C27H27F3N4O4. The molecule has 2 fully saturated rings. The maximum Gasteiger partial charge on any atom is 0.432 e. The van der Waals surface area contributed by atoms with E-state index in [9.17, 15) is 18.0 Å². The Morgan fingerprint density at radius 1 is 1.21 bits per heavy atom. The van der Waals surface area contributed by atoms with Gasteiger partial charge in [0.05, 0.1) is 17.7 Å². The van der Waals surface area contributed by atoms with E-state index in [-0.39, 0.29) is 17.8 Å². The molecule has 11 heteroatoms. The third-order valence-electron chi connectivity index (χ3n) is 7.50. The summed E-state index contributed by atoms with van der Waals surface area (Å²) >= 11 is 0. The predicted octanol–water partition coefficient (Wildman–Crippen LogP) is 4.77. The fourth-order valence-corrected chi connectivity index (χ4v) is 5.29. The molecule has 4 unspecified atom stereocenters. The number of fused-ring (bicyclic) bond motifs is 2. The minimum atomic E-state index is -4.51. The van der Waals surface area contributed by atoms with Crippen molar-refractivity contribution in [2.75, 3.05) is 0 Å². The summed E-state index contributed by atoms with van der Waals surface area (Å²) in [6.07, 6.45) is 5.97. The first kappa shape index (κ1) is 24.8. The number of aliphatic imine (C=N–C) groups is 1. The van der Waals surface area contributed by atoms with Gasteiger partial charge in [-0.1, -0.05) is 26.0 Å². The van der Waals surface area contributed by atoms with Crippen LogP contribution in [0.4, 0.5) is 13.2 Å². The second-order valence-electron chi connectivity index (χ2n) is 10.4. The molecule has 1 saturated carbocycles. The number of nitrogens with zero attached hydrogens (tertiary/aromatic N) is 4. The number of alkyl halides is 3. The van der Waals surface area contributed by atoms with Crippen LogP contribution in [0.3, 0.4) is 0 Å². The summed E-state index contributed by atoms with van der Waals surface area (Å²) in [5.74, 6) is -0.485. The average molecular weight is 529 g/mol. The molecule has 4 heterocycles. The number of allylic oxidation sites excluding steroid dienone is 2. The number of rotatable bonds is 5. The van der Waals surface area contributed by atoms with E-state index in [0.29, 0.717) is 18.6 Å². The predicted molar refractivity (Wildman–Crippen MR) is 131 cm³/mol.